The summed E-state index contributed by atoms with van der Waals surface area (Å²) in [7, 11) is 0. The Morgan fingerprint density at radius 3 is 2.72 bits per heavy atom. The number of hydrazone groups is 1. The van der Waals surface area contributed by atoms with E-state index in [2.05, 4.69) is 17.1 Å². The summed E-state index contributed by atoms with van der Waals surface area (Å²) in [6.07, 6.45) is 3.58. The summed E-state index contributed by atoms with van der Waals surface area (Å²) in [4.78, 5) is 11.9. The van der Waals surface area contributed by atoms with Crippen LogP contribution in [-0.4, -0.2) is 23.8 Å². The van der Waals surface area contributed by atoms with Crippen LogP contribution in [0.3, 0.4) is 0 Å². The highest BCUT2D eigenvalue weighted by molar-refractivity contribution is 5.94. The van der Waals surface area contributed by atoms with Gasteiger partial charge >= 0.3 is 0 Å². The van der Waals surface area contributed by atoms with E-state index >= 15 is 0 Å². The van der Waals surface area contributed by atoms with Gasteiger partial charge in [-0.25, -0.2) is 9.82 Å². The predicted octanol–water partition coefficient (Wildman–Crippen LogP) is 3.42. The lowest BCUT2D eigenvalue weighted by molar-refractivity contribution is 0.0955. The normalized spacial score (nSPS) is 10.6. The minimum absolute atomic E-state index is 0.0641. The summed E-state index contributed by atoms with van der Waals surface area (Å²) < 4.78 is 18.3. The quantitative estimate of drug-likeness (QED) is 0.460. The fourth-order valence-electron chi connectivity index (χ4n) is 2.17. The number of hydrogen-bond donors (Lipinski definition) is 2. The molecule has 0 aliphatic rings. The average Bonchev–Trinajstić information content (AvgIpc) is 2.59. The number of hydrogen-bond acceptors (Lipinski definition) is 4. The van der Waals surface area contributed by atoms with E-state index in [4.69, 9.17) is 4.74 Å². The molecule has 0 fully saturated rings. The van der Waals surface area contributed by atoms with Gasteiger partial charge in [0.05, 0.1) is 12.8 Å². The number of allylic oxidation sites excluding steroid dienone is 1. The van der Waals surface area contributed by atoms with Gasteiger partial charge in [-0.15, -0.1) is 6.58 Å². The Hall–Kier alpha value is -3.15. The number of halogens is 1. The molecule has 0 heterocycles. The van der Waals surface area contributed by atoms with Crippen LogP contribution in [0.25, 0.3) is 0 Å². The van der Waals surface area contributed by atoms with Crippen molar-refractivity contribution in [2.75, 3.05) is 6.61 Å². The first-order chi connectivity index (χ1) is 12.0. The number of carbonyl (C=O) groups is 1. The molecule has 0 bridgehead atoms. The number of phenols is 1. The molecule has 130 valence electrons. The number of amides is 1. The van der Waals surface area contributed by atoms with E-state index in [1.165, 1.54) is 30.5 Å². The number of aromatic hydroxyl groups is 1. The predicted molar refractivity (Wildman–Crippen MR) is 94.6 cm³/mol. The van der Waals surface area contributed by atoms with E-state index in [0.29, 0.717) is 35.5 Å². The molecule has 0 saturated heterocycles. The van der Waals surface area contributed by atoms with E-state index < -0.39 is 11.7 Å². The smallest absolute Gasteiger partial charge is 0.271 e. The third-order valence-electron chi connectivity index (χ3n) is 3.33. The van der Waals surface area contributed by atoms with Crippen LogP contribution < -0.4 is 10.2 Å². The molecule has 2 rings (SSSR count). The van der Waals surface area contributed by atoms with E-state index in [0.717, 1.165) is 0 Å². The molecule has 0 spiro atoms. The Morgan fingerprint density at radius 2 is 2.08 bits per heavy atom. The van der Waals surface area contributed by atoms with Crippen molar-refractivity contribution in [1.82, 2.24) is 5.43 Å². The Labute approximate surface area is 145 Å². The number of ether oxygens (including phenoxy) is 1. The van der Waals surface area contributed by atoms with Crippen molar-refractivity contribution in [3.63, 3.8) is 0 Å². The van der Waals surface area contributed by atoms with Crippen molar-refractivity contribution in [3.05, 3.63) is 71.6 Å². The lowest BCUT2D eigenvalue weighted by atomic mass is 10.1. The molecule has 2 N–H and O–H groups in total. The molecule has 0 aliphatic carbocycles. The van der Waals surface area contributed by atoms with E-state index in [9.17, 15) is 14.3 Å². The number of rotatable bonds is 7. The average molecular weight is 342 g/mol. The van der Waals surface area contributed by atoms with Crippen LogP contribution >= 0.6 is 0 Å². The van der Waals surface area contributed by atoms with Crippen LogP contribution in [0.2, 0.25) is 0 Å². The molecule has 6 heteroatoms. The maximum Gasteiger partial charge on any atom is 0.271 e. The molecule has 2 aromatic rings. The third-order valence-corrected chi connectivity index (χ3v) is 3.33. The molecule has 5 nitrogen and oxygen atoms in total. The molecule has 2 aromatic carbocycles. The van der Waals surface area contributed by atoms with Crippen molar-refractivity contribution in [2.45, 2.75) is 13.3 Å². The van der Waals surface area contributed by atoms with E-state index in [1.54, 1.807) is 18.2 Å². The van der Waals surface area contributed by atoms with E-state index in [1.807, 2.05) is 6.92 Å². The summed E-state index contributed by atoms with van der Waals surface area (Å²) >= 11 is 0. The molecule has 0 aliphatic heterocycles. The second kappa shape index (κ2) is 8.63. The molecule has 1 amide bonds. The summed E-state index contributed by atoms with van der Waals surface area (Å²) in [6, 6.07) is 8.50. The fraction of sp³-hybridized carbons (Fsp3) is 0.158. The Kier molecular flexibility index (Phi) is 6.28. The van der Waals surface area contributed by atoms with Crippen LogP contribution in [0.1, 0.15) is 28.4 Å². The maximum atomic E-state index is 12.9. The van der Waals surface area contributed by atoms with Crippen LogP contribution in [-0.2, 0) is 6.42 Å². The highest BCUT2D eigenvalue weighted by atomic mass is 19.1. The Bertz CT molecular complexity index is 786. The second-order valence-electron chi connectivity index (χ2n) is 5.16. The number of nitrogens with zero attached hydrogens (tertiary/aromatic N) is 1. The van der Waals surface area contributed by atoms with Gasteiger partial charge in [0, 0.05) is 11.1 Å². The molecule has 0 aromatic heterocycles. The van der Waals surface area contributed by atoms with Crippen LogP contribution in [0.4, 0.5) is 4.39 Å². The van der Waals surface area contributed by atoms with Crippen LogP contribution in [0, 0.1) is 5.82 Å². The summed E-state index contributed by atoms with van der Waals surface area (Å²) in [5.41, 5.74) is 3.96. The zero-order valence-corrected chi connectivity index (χ0v) is 13.8. The van der Waals surface area contributed by atoms with Gasteiger partial charge in [0.15, 0.2) is 11.5 Å². The zero-order chi connectivity index (χ0) is 18.2. The van der Waals surface area contributed by atoms with Crippen LogP contribution in [0.5, 0.6) is 11.5 Å². The second-order valence-corrected chi connectivity index (χ2v) is 5.16. The lowest BCUT2D eigenvalue weighted by Crippen LogP contribution is -2.17. The van der Waals surface area contributed by atoms with Gasteiger partial charge in [-0.1, -0.05) is 6.08 Å². The number of phenolic OH excluding ortho intramolecular Hbond substituents is 1. The highest BCUT2D eigenvalue weighted by Crippen LogP contribution is 2.31. The standard InChI is InChI=1S/C19H19FN2O3/c1-3-5-15-10-13(11-17(18(15)23)25-4-2)12-21-22-19(24)14-6-8-16(20)9-7-14/h3,6-12,23H,1,4-5H2,2H3,(H,22,24)/b21-12-. The lowest BCUT2D eigenvalue weighted by Gasteiger charge is -2.10. The van der Waals surface area contributed by atoms with Gasteiger partial charge in [-0.05, 0) is 55.3 Å². The van der Waals surface area contributed by atoms with Gasteiger partial charge in [0.1, 0.15) is 5.82 Å². The van der Waals surface area contributed by atoms with Gasteiger partial charge < -0.3 is 9.84 Å². The van der Waals surface area contributed by atoms with Gasteiger partial charge in [0.2, 0.25) is 0 Å². The van der Waals surface area contributed by atoms with Gasteiger partial charge in [-0.2, -0.15) is 5.10 Å². The topological polar surface area (TPSA) is 70.9 Å². The molecule has 0 atom stereocenters. The minimum atomic E-state index is -0.452. The number of carbonyl (C=O) groups excluding carboxylic acids is 1. The summed E-state index contributed by atoms with van der Waals surface area (Å²) in [6.45, 7) is 5.88. The molecule has 0 radical (unpaired) electrons. The van der Waals surface area contributed by atoms with Crippen molar-refractivity contribution in [3.8, 4) is 11.5 Å². The monoisotopic (exact) mass is 342 g/mol. The van der Waals surface area contributed by atoms with E-state index in [-0.39, 0.29) is 5.75 Å². The molecule has 25 heavy (non-hydrogen) atoms. The van der Waals surface area contributed by atoms with Gasteiger partial charge in [-0.3, -0.25) is 4.79 Å². The van der Waals surface area contributed by atoms with Crippen molar-refractivity contribution < 1.29 is 19.0 Å². The SMILES string of the molecule is C=CCc1cc(/C=N\NC(=O)c2ccc(F)cc2)cc(OCC)c1O. The Balaban J connectivity index is 2.15. The molecular formula is C19H19FN2O3. The first-order valence-corrected chi connectivity index (χ1v) is 7.73. The summed E-state index contributed by atoms with van der Waals surface area (Å²) in [5, 5.41) is 14.0. The maximum absolute atomic E-state index is 12.9. The first kappa shape index (κ1) is 18.2. The number of benzene rings is 2. The molecular weight excluding hydrogens is 323 g/mol. The molecule has 0 unspecified atom stereocenters. The van der Waals surface area contributed by atoms with Gasteiger partial charge in [0.25, 0.3) is 5.91 Å². The number of nitrogens with one attached hydrogen (secondary N) is 1. The van der Waals surface area contributed by atoms with Crippen LogP contribution in [0.15, 0.2) is 54.2 Å². The molecule has 0 saturated carbocycles. The van der Waals surface area contributed by atoms with Crippen molar-refractivity contribution >= 4 is 12.1 Å². The largest absolute Gasteiger partial charge is 0.504 e. The fourth-order valence-corrected chi connectivity index (χ4v) is 2.17. The minimum Gasteiger partial charge on any atom is -0.504 e. The van der Waals surface area contributed by atoms with Crippen molar-refractivity contribution in [1.29, 1.82) is 0 Å². The summed E-state index contributed by atoms with van der Waals surface area (Å²) in [5.74, 6) is -0.462. The Morgan fingerprint density at radius 1 is 1.36 bits per heavy atom. The first-order valence-electron chi connectivity index (χ1n) is 7.73. The highest BCUT2D eigenvalue weighted by Gasteiger charge is 2.10. The van der Waals surface area contributed by atoms with Crippen molar-refractivity contribution in [2.24, 2.45) is 5.10 Å². The third kappa shape index (κ3) is 4.91. The zero-order valence-electron chi connectivity index (χ0n) is 13.8.